The molecule has 1 aliphatic rings. The first kappa shape index (κ1) is 20.2. The topological polar surface area (TPSA) is 75.9 Å². The van der Waals surface area contributed by atoms with Crippen molar-refractivity contribution in [1.29, 1.82) is 0 Å². The Morgan fingerprint density at radius 3 is 2.50 bits per heavy atom. The second-order valence-corrected chi connectivity index (χ2v) is 8.30. The molecule has 1 aliphatic heterocycles. The van der Waals surface area contributed by atoms with Crippen molar-refractivity contribution in [2.45, 2.75) is 20.0 Å². The first-order valence-corrected chi connectivity index (χ1v) is 10.7. The number of amides is 1. The van der Waals surface area contributed by atoms with Gasteiger partial charge in [0.05, 0.1) is 6.26 Å². The van der Waals surface area contributed by atoms with Crippen LogP contribution in [0.25, 0.3) is 10.8 Å². The Hall–Kier alpha value is -3.13. The summed E-state index contributed by atoms with van der Waals surface area (Å²) in [5.74, 6) is -0.178. The van der Waals surface area contributed by atoms with Crippen molar-refractivity contribution in [3.05, 3.63) is 59.3 Å². The zero-order valence-electron chi connectivity index (χ0n) is 16.9. The van der Waals surface area contributed by atoms with Gasteiger partial charge in [0, 0.05) is 36.7 Å². The fourth-order valence-corrected chi connectivity index (χ4v) is 4.31. The van der Waals surface area contributed by atoms with Crippen LogP contribution in [0.15, 0.2) is 53.1 Å². The van der Waals surface area contributed by atoms with Crippen LogP contribution in [0.4, 0.5) is 5.69 Å². The summed E-state index contributed by atoms with van der Waals surface area (Å²) in [6.45, 7) is 6.08. The molecule has 1 atom stereocenters. The van der Waals surface area contributed by atoms with E-state index in [1.54, 1.807) is 37.1 Å². The van der Waals surface area contributed by atoms with Crippen molar-refractivity contribution in [3.8, 4) is 10.8 Å². The van der Waals surface area contributed by atoms with Crippen LogP contribution in [0.5, 0.6) is 0 Å². The summed E-state index contributed by atoms with van der Waals surface area (Å²) in [5.41, 5.74) is 1.37. The molecule has 8 heteroatoms. The third-order valence-corrected chi connectivity index (χ3v) is 6.05. The van der Waals surface area contributed by atoms with Crippen molar-refractivity contribution < 1.29 is 18.7 Å². The number of benzene rings is 1. The minimum absolute atomic E-state index is 0.185. The zero-order chi connectivity index (χ0) is 21.1. The molecule has 3 aromatic rings. The van der Waals surface area contributed by atoms with Gasteiger partial charge in [-0.15, -0.1) is 11.3 Å². The average Bonchev–Trinajstić information content (AvgIpc) is 3.43. The summed E-state index contributed by atoms with van der Waals surface area (Å²) in [6, 6.07) is 13.7. The maximum Gasteiger partial charge on any atom is 0.358 e. The Morgan fingerprint density at radius 2 is 1.83 bits per heavy atom. The first-order valence-electron chi connectivity index (χ1n) is 9.84. The van der Waals surface area contributed by atoms with Crippen molar-refractivity contribution in [2.75, 3.05) is 31.1 Å². The second kappa shape index (κ2) is 8.71. The maximum atomic E-state index is 12.8. The Balaban J connectivity index is 1.34. The summed E-state index contributed by atoms with van der Waals surface area (Å²) < 4.78 is 10.8. The van der Waals surface area contributed by atoms with Gasteiger partial charge in [0.1, 0.15) is 0 Å². The Bertz CT molecular complexity index is 1010. The second-order valence-electron chi connectivity index (χ2n) is 7.10. The largest absolute Gasteiger partial charge is 0.462 e. The number of hydrogen-bond donors (Lipinski definition) is 0. The number of anilines is 1. The highest BCUT2D eigenvalue weighted by Gasteiger charge is 2.29. The van der Waals surface area contributed by atoms with E-state index in [0.29, 0.717) is 23.9 Å². The molecule has 156 valence electrons. The number of carbonyl (C=O) groups is 2. The summed E-state index contributed by atoms with van der Waals surface area (Å²) in [7, 11) is 0. The number of esters is 1. The van der Waals surface area contributed by atoms with E-state index in [9.17, 15) is 9.59 Å². The highest BCUT2D eigenvalue weighted by atomic mass is 32.1. The summed E-state index contributed by atoms with van der Waals surface area (Å²) in [6.07, 6.45) is 0.691. The molecule has 3 heterocycles. The highest BCUT2D eigenvalue weighted by molar-refractivity contribution is 7.15. The van der Waals surface area contributed by atoms with Crippen LogP contribution >= 0.6 is 11.3 Å². The lowest BCUT2D eigenvalue weighted by atomic mass is 10.2. The minimum atomic E-state index is -0.867. The van der Waals surface area contributed by atoms with E-state index in [2.05, 4.69) is 22.0 Å². The standard InChI is InChI=1S/C22H23N3O4S/c1-15(21(26)25-12-10-24(11-13-25)17-7-4-3-5-8-17)29-22(27)19-16(2)30-20(23-19)18-9-6-14-28-18/h3-9,14-15H,10-13H2,1-2H3. The molecule has 0 spiro atoms. The molecule has 1 fully saturated rings. The zero-order valence-corrected chi connectivity index (χ0v) is 17.7. The van der Waals surface area contributed by atoms with Gasteiger partial charge in [-0.1, -0.05) is 18.2 Å². The minimum Gasteiger partial charge on any atom is -0.462 e. The van der Waals surface area contributed by atoms with Gasteiger partial charge in [0.2, 0.25) is 0 Å². The lowest BCUT2D eigenvalue weighted by molar-refractivity contribution is -0.140. The lowest BCUT2D eigenvalue weighted by Crippen LogP contribution is -2.51. The van der Waals surface area contributed by atoms with Crippen LogP contribution in [0.3, 0.4) is 0 Å². The number of carbonyl (C=O) groups excluding carboxylic acids is 2. The molecule has 0 radical (unpaired) electrons. The third-order valence-electron chi connectivity index (χ3n) is 5.07. The van der Waals surface area contributed by atoms with E-state index in [1.165, 1.54) is 11.3 Å². The molecule has 30 heavy (non-hydrogen) atoms. The maximum absolute atomic E-state index is 12.8. The van der Waals surface area contributed by atoms with Crippen molar-refractivity contribution in [1.82, 2.24) is 9.88 Å². The molecular formula is C22H23N3O4S. The molecule has 0 bridgehead atoms. The number of furan rings is 1. The van der Waals surface area contributed by atoms with Crippen LogP contribution in [-0.2, 0) is 9.53 Å². The summed E-state index contributed by atoms with van der Waals surface area (Å²) in [5, 5.41) is 0.612. The molecular weight excluding hydrogens is 402 g/mol. The molecule has 1 unspecified atom stereocenters. The summed E-state index contributed by atoms with van der Waals surface area (Å²) >= 11 is 1.36. The van der Waals surface area contributed by atoms with E-state index in [-0.39, 0.29) is 11.6 Å². The van der Waals surface area contributed by atoms with Crippen molar-refractivity contribution in [2.24, 2.45) is 0 Å². The van der Waals surface area contributed by atoms with Gasteiger partial charge in [0.15, 0.2) is 22.6 Å². The fraction of sp³-hybridized carbons (Fsp3) is 0.318. The van der Waals surface area contributed by atoms with Crippen molar-refractivity contribution >= 4 is 28.9 Å². The number of aromatic nitrogens is 1. The summed E-state index contributed by atoms with van der Waals surface area (Å²) in [4.78, 5) is 34.4. The fourth-order valence-electron chi connectivity index (χ4n) is 3.44. The first-order chi connectivity index (χ1) is 14.5. The van der Waals surface area contributed by atoms with Gasteiger partial charge in [-0.25, -0.2) is 9.78 Å². The Kier molecular flexibility index (Phi) is 5.85. The van der Waals surface area contributed by atoms with Crippen LogP contribution in [0.1, 0.15) is 22.3 Å². The van der Waals surface area contributed by atoms with Gasteiger partial charge in [0.25, 0.3) is 5.91 Å². The quantitative estimate of drug-likeness (QED) is 0.582. The number of nitrogens with zero attached hydrogens (tertiary/aromatic N) is 3. The lowest BCUT2D eigenvalue weighted by Gasteiger charge is -2.37. The van der Waals surface area contributed by atoms with E-state index in [1.807, 2.05) is 18.2 Å². The molecule has 0 saturated carbocycles. The third kappa shape index (κ3) is 4.23. The molecule has 7 nitrogen and oxygen atoms in total. The number of ether oxygens (including phenoxy) is 1. The van der Waals surface area contributed by atoms with Gasteiger partial charge in [-0.05, 0) is 38.1 Å². The number of thiazole rings is 1. The van der Waals surface area contributed by atoms with Crippen LogP contribution in [0, 0.1) is 6.92 Å². The van der Waals surface area contributed by atoms with Gasteiger partial charge < -0.3 is 19.0 Å². The van der Waals surface area contributed by atoms with Gasteiger partial charge >= 0.3 is 5.97 Å². The Labute approximate surface area is 178 Å². The number of piperazine rings is 1. The molecule has 1 saturated heterocycles. The van der Waals surface area contributed by atoms with E-state index in [4.69, 9.17) is 9.15 Å². The number of aryl methyl sites for hydroxylation is 1. The van der Waals surface area contributed by atoms with Crippen LogP contribution in [0.2, 0.25) is 0 Å². The predicted octanol–water partition coefficient (Wildman–Crippen LogP) is 3.61. The molecule has 1 amide bonds. The van der Waals surface area contributed by atoms with Gasteiger partial charge in [-0.3, -0.25) is 4.79 Å². The SMILES string of the molecule is Cc1sc(-c2ccco2)nc1C(=O)OC(C)C(=O)N1CCN(c2ccccc2)CC1. The van der Waals surface area contributed by atoms with Crippen LogP contribution < -0.4 is 4.90 Å². The van der Waals surface area contributed by atoms with Crippen LogP contribution in [-0.4, -0.2) is 54.0 Å². The molecule has 4 rings (SSSR count). The predicted molar refractivity (Wildman–Crippen MR) is 115 cm³/mol. The number of para-hydroxylation sites is 1. The van der Waals surface area contributed by atoms with E-state index in [0.717, 1.165) is 23.7 Å². The molecule has 0 N–H and O–H groups in total. The molecule has 2 aromatic heterocycles. The highest BCUT2D eigenvalue weighted by Crippen LogP contribution is 2.28. The van der Waals surface area contributed by atoms with E-state index < -0.39 is 12.1 Å². The normalized spacial score (nSPS) is 15.1. The van der Waals surface area contributed by atoms with Crippen molar-refractivity contribution in [3.63, 3.8) is 0 Å². The number of rotatable bonds is 5. The number of hydrogen-bond acceptors (Lipinski definition) is 7. The van der Waals surface area contributed by atoms with E-state index >= 15 is 0 Å². The average molecular weight is 426 g/mol. The Morgan fingerprint density at radius 1 is 1.10 bits per heavy atom. The monoisotopic (exact) mass is 425 g/mol. The molecule has 1 aromatic carbocycles. The smallest absolute Gasteiger partial charge is 0.358 e. The molecule has 0 aliphatic carbocycles. The van der Waals surface area contributed by atoms with Gasteiger partial charge in [-0.2, -0.15) is 0 Å².